The summed E-state index contributed by atoms with van der Waals surface area (Å²) in [5.41, 5.74) is 6.66. The quantitative estimate of drug-likeness (QED) is 0.675. The van der Waals surface area contributed by atoms with Gasteiger partial charge in [-0.2, -0.15) is 0 Å². The maximum Gasteiger partial charge on any atom is 0.109 e. The minimum Gasteiger partial charge on any atom is -0.335 e. The van der Waals surface area contributed by atoms with Gasteiger partial charge in [-0.1, -0.05) is 0 Å². The third kappa shape index (κ3) is 1.14. The molecule has 0 fully saturated rings. The van der Waals surface area contributed by atoms with Crippen molar-refractivity contribution in [3.05, 3.63) is 17.7 Å². The normalized spacial score (nSPS) is 16.6. The first kappa shape index (κ1) is 7.80. The topological polar surface area (TPSA) is 43.8 Å². The van der Waals surface area contributed by atoms with E-state index in [0.29, 0.717) is 0 Å². The van der Waals surface area contributed by atoms with Gasteiger partial charge in [-0.15, -0.1) is 0 Å². The minimum absolute atomic E-state index is 0.294. The molecule has 0 saturated heterocycles. The van der Waals surface area contributed by atoms with Crippen molar-refractivity contribution in [3.8, 4) is 0 Å². The largest absolute Gasteiger partial charge is 0.335 e. The third-order valence-corrected chi connectivity index (χ3v) is 2.32. The van der Waals surface area contributed by atoms with E-state index in [1.807, 2.05) is 13.8 Å². The van der Waals surface area contributed by atoms with Gasteiger partial charge in [0.2, 0.25) is 0 Å². The molecule has 1 aliphatic heterocycles. The summed E-state index contributed by atoms with van der Waals surface area (Å²) in [6, 6.07) is 0. The molecule has 0 atom stereocenters. The zero-order valence-corrected chi connectivity index (χ0v) is 7.67. The van der Waals surface area contributed by atoms with E-state index in [0.717, 1.165) is 18.7 Å². The van der Waals surface area contributed by atoms with Gasteiger partial charge >= 0.3 is 0 Å². The Morgan fingerprint density at radius 3 is 2.92 bits per heavy atom. The first-order valence-corrected chi connectivity index (χ1v) is 4.43. The van der Waals surface area contributed by atoms with E-state index in [1.54, 1.807) is 0 Å². The van der Waals surface area contributed by atoms with E-state index < -0.39 is 0 Å². The van der Waals surface area contributed by atoms with Crippen molar-refractivity contribution < 1.29 is 0 Å². The molecule has 66 valence electrons. The van der Waals surface area contributed by atoms with Crippen LogP contribution < -0.4 is 5.73 Å². The summed E-state index contributed by atoms with van der Waals surface area (Å²) in [6.07, 6.45) is 4.42. The smallest absolute Gasteiger partial charge is 0.109 e. The third-order valence-electron chi connectivity index (χ3n) is 2.32. The second-order valence-corrected chi connectivity index (χ2v) is 4.06. The summed E-state index contributed by atoms with van der Waals surface area (Å²) in [6.45, 7) is 5.09. The Morgan fingerprint density at radius 1 is 1.58 bits per heavy atom. The average molecular weight is 165 g/mol. The van der Waals surface area contributed by atoms with Crippen LogP contribution in [0.5, 0.6) is 0 Å². The molecule has 0 unspecified atom stereocenters. The van der Waals surface area contributed by atoms with Crippen LogP contribution in [0.4, 0.5) is 0 Å². The molecule has 2 heterocycles. The molecule has 2 N–H and O–H groups in total. The van der Waals surface area contributed by atoms with Gasteiger partial charge < -0.3 is 10.3 Å². The molecule has 1 aromatic heterocycles. The molecule has 0 aliphatic carbocycles. The van der Waals surface area contributed by atoms with Gasteiger partial charge in [-0.25, -0.2) is 4.98 Å². The lowest BCUT2D eigenvalue weighted by molar-refractivity contribution is 0.534. The van der Waals surface area contributed by atoms with E-state index in [2.05, 4.69) is 15.7 Å². The summed E-state index contributed by atoms with van der Waals surface area (Å²) < 4.78 is 2.21. The van der Waals surface area contributed by atoms with Gasteiger partial charge in [-0.3, -0.25) is 0 Å². The molecule has 1 aliphatic rings. The fraction of sp³-hybridized carbons (Fsp3) is 0.667. The van der Waals surface area contributed by atoms with Crippen LogP contribution in [0.1, 0.15) is 31.8 Å². The van der Waals surface area contributed by atoms with Crippen molar-refractivity contribution >= 4 is 0 Å². The molecule has 0 bridgehead atoms. The SMILES string of the molecule is CC(C)(N)c1cn2c(n1)CCC2. The number of aromatic nitrogens is 2. The van der Waals surface area contributed by atoms with E-state index in [9.17, 15) is 0 Å². The molecule has 3 nitrogen and oxygen atoms in total. The fourth-order valence-electron chi connectivity index (χ4n) is 1.57. The van der Waals surface area contributed by atoms with Crippen molar-refractivity contribution in [2.45, 2.75) is 38.8 Å². The zero-order chi connectivity index (χ0) is 8.77. The van der Waals surface area contributed by atoms with Crippen LogP contribution in [-0.2, 0) is 18.5 Å². The standard InChI is InChI=1S/C9H15N3/c1-9(2,10)7-6-12-5-3-4-8(12)11-7/h6H,3-5,10H2,1-2H3. The molecule has 0 saturated carbocycles. The summed E-state index contributed by atoms with van der Waals surface area (Å²) in [4.78, 5) is 4.50. The molecule has 1 aromatic rings. The second kappa shape index (κ2) is 2.33. The van der Waals surface area contributed by atoms with E-state index in [4.69, 9.17) is 5.73 Å². The lowest BCUT2D eigenvalue weighted by Gasteiger charge is -2.14. The molecule has 0 spiro atoms. The molecule has 3 heteroatoms. The first-order chi connectivity index (χ1) is 5.57. The lowest BCUT2D eigenvalue weighted by Crippen LogP contribution is -2.29. The van der Waals surface area contributed by atoms with E-state index in [-0.39, 0.29) is 5.54 Å². The van der Waals surface area contributed by atoms with Gasteiger partial charge in [-0.05, 0) is 20.3 Å². The fourth-order valence-corrected chi connectivity index (χ4v) is 1.57. The van der Waals surface area contributed by atoms with Crippen LogP contribution in [-0.4, -0.2) is 9.55 Å². The molecular weight excluding hydrogens is 150 g/mol. The molecule has 0 radical (unpaired) electrons. The highest BCUT2D eigenvalue weighted by molar-refractivity contribution is 5.14. The summed E-state index contributed by atoms with van der Waals surface area (Å²) >= 11 is 0. The predicted octanol–water partition coefficient (Wildman–Crippen LogP) is 1.02. The number of hydrogen-bond donors (Lipinski definition) is 1. The Kier molecular flexibility index (Phi) is 1.51. The van der Waals surface area contributed by atoms with Crippen LogP contribution in [0.15, 0.2) is 6.20 Å². The molecule has 0 amide bonds. The van der Waals surface area contributed by atoms with Gasteiger partial charge in [0.25, 0.3) is 0 Å². The summed E-state index contributed by atoms with van der Waals surface area (Å²) in [5.74, 6) is 1.20. The maximum absolute atomic E-state index is 5.94. The van der Waals surface area contributed by atoms with E-state index >= 15 is 0 Å². The minimum atomic E-state index is -0.294. The highest BCUT2D eigenvalue weighted by Crippen LogP contribution is 2.20. The Bertz CT molecular complexity index is 272. The van der Waals surface area contributed by atoms with Crippen molar-refractivity contribution in [1.82, 2.24) is 9.55 Å². The van der Waals surface area contributed by atoms with Gasteiger partial charge in [0.15, 0.2) is 0 Å². The highest BCUT2D eigenvalue weighted by Gasteiger charge is 2.21. The second-order valence-electron chi connectivity index (χ2n) is 4.06. The Morgan fingerprint density at radius 2 is 2.33 bits per heavy atom. The highest BCUT2D eigenvalue weighted by atomic mass is 15.1. The number of imidazole rings is 1. The molecular formula is C9H15N3. The van der Waals surface area contributed by atoms with Gasteiger partial charge in [0, 0.05) is 19.2 Å². The number of rotatable bonds is 1. The first-order valence-electron chi connectivity index (χ1n) is 4.43. The molecule has 12 heavy (non-hydrogen) atoms. The van der Waals surface area contributed by atoms with Crippen molar-refractivity contribution in [1.29, 1.82) is 0 Å². The van der Waals surface area contributed by atoms with Gasteiger partial charge in [0.1, 0.15) is 5.82 Å². The van der Waals surface area contributed by atoms with Gasteiger partial charge in [0.05, 0.1) is 11.2 Å². The summed E-state index contributed by atoms with van der Waals surface area (Å²) in [7, 11) is 0. The van der Waals surface area contributed by atoms with Crippen LogP contribution in [0.2, 0.25) is 0 Å². The lowest BCUT2D eigenvalue weighted by atomic mass is 10.0. The van der Waals surface area contributed by atoms with Crippen molar-refractivity contribution in [3.63, 3.8) is 0 Å². The average Bonchev–Trinajstić information content (AvgIpc) is 2.37. The number of nitrogens with two attached hydrogens (primary N) is 1. The van der Waals surface area contributed by atoms with Crippen LogP contribution in [0, 0.1) is 0 Å². The van der Waals surface area contributed by atoms with E-state index in [1.165, 1.54) is 12.2 Å². The Balaban J connectivity index is 2.38. The zero-order valence-electron chi connectivity index (χ0n) is 7.67. The monoisotopic (exact) mass is 165 g/mol. The number of aryl methyl sites for hydroxylation is 2. The molecule has 2 rings (SSSR count). The van der Waals surface area contributed by atoms with Crippen molar-refractivity contribution in [2.24, 2.45) is 5.73 Å². The van der Waals surface area contributed by atoms with Crippen LogP contribution >= 0.6 is 0 Å². The number of hydrogen-bond acceptors (Lipinski definition) is 2. The predicted molar refractivity (Wildman–Crippen MR) is 47.8 cm³/mol. The van der Waals surface area contributed by atoms with Crippen molar-refractivity contribution in [2.75, 3.05) is 0 Å². The van der Waals surface area contributed by atoms with Crippen LogP contribution in [0.3, 0.4) is 0 Å². The number of nitrogens with zero attached hydrogens (tertiary/aromatic N) is 2. The Hall–Kier alpha value is -0.830. The number of fused-ring (bicyclic) bond motifs is 1. The molecule has 0 aromatic carbocycles. The summed E-state index contributed by atoms with van der Waals surface area (Å²) in [5, 5.41) is 0. The van der Waals surface area contributed by atoms with Crippen LogP contribution in [0.25, 0.3) is 0 Å². The Labute approximate surface area is 72.6 Å². The maximum atomic E-state index is 5.94.